The molecule has 12 heteroatoms. The molecule has 1 unspecified atom stereocenters. The number of ether oxygens (including phenoxy) is 3. The third-order valence-electron chi connectivity index (χ3n) is 6.07. The highest BCUT2D eigenvalue weighted by atomic mass is 19.4. The molecule has 0 aliphatic rings. The van der Waals surface area contributed by atoms with Gasteiger partial charge in [-0.15, -0.1) is 0 Å². The zero-order valence-electron chi connectivity index (χ0n) is 22.9. The van der Waals surface area contributed by atoms with Crippen LogP contribution in [0.5, 0.6) is 5.75 Å². The van der Waals surface area contributed by atoms with Crippen LogP contribution in [-0.4, -0.2) is 61.0 Å². The van der Waals surface area contributed by atoms with Gasteiger partial charge in [-0.25, -0.2) is 14.0 Å². The van der Waals surface area contributed by atoms with Crippen molar-refractivity contribution in [3.63, 3.8) is 0 Å². The average molecular weight is 593 g/mol. The molecule has 42 heavy (non-hydrogen) atoms. The fourth-order valence-corrected chi connectivity index (χ4v) is 3.92. The molecular weight excluding hydrogens is 560 g/mol. The van der Waals surface area contributed by atoms with Crippen molar-refractivity contribution in [1.29, 1.82) is 0 Å². The Hall–Kier alpha value is -4.16. The predicted molar refractivity (Wildman–Crippen MR) is 147 cm³/mol. The Morgan fingerprint density at radius 1 is 0.929 bits per heavy atom. The summed E-state index contributed by atoms with van der Waals surface area (Å²) in [6.07, 6.45) is -5.45. The largest absolute Gasteiger partial charge is 0.492 e. The van der Waals surface area contributed by atoms with Crippen LogP contribution >= 0.6 is 0 Å². The lowest BCUT2D eigenvalue weighted by Crippen LogP contribution is -2.40. The Labute approximate surface area is 240 Å². The second-order valence-electron chi connectivity index (χ2n) is 9.12. The van der Waals surface area contributed by atoms with E-state index in [2.05, 4.69) is 5.32 Å². The monoisotopic (exact) mass is 592 g/mol. The molecule has 3 rings (SSSR count). The highest BCUT2D eigenvalue weighted by Crippen LogP contribution is 2.34. The molecule has 0 saturated heterocycles. The predicted octanol–water partition coefficient (Wildman–Crippen LogP) is 6.01. The number of benzene rings is 3. The number of rotatable bonds is 15. The van der Waals surface area contributed by atoms with Crippen molar-refractivity contribution in [3.05, 3.63) is 95.3 Å². The summed E-state index contributed by atoms with van der Waals surface area (Å²) < 4.78 is 70.0. The number of nitrogens with one attached hydrogen (secondary N) is 1. The fourth-order valence-electron chi connectivity index (χ4n) is 3.92. The third-order valence-corrected chi connectivity index (χ3v) is 6.07. The quantitative estimate of drug-likeness (QED) is 0.166. The molecule has 0 spiro atoms. The second-order valence-corrected chi connectivity index (χ2v) is 9.12. The summed E-state index contributed by atoms with van der Waals surface area (Å²) in [6.45, 7) is 2.27. The molecule has 0 saturated carbocycles. The van der Waals surface area contributed by atoms with Gasteiger partial charge in [0.15, 0.2) is 6.10 Å². The summed E-state index contributed by atoms with van der Waals surface area (Å²) in [5, 5.41) is 11.6. The minimum Gasteiger partial charge on any atom is -0.492 e. The highest BCUT2D eigenvalue weighted by molar-refractivity contribution is 5.90. The van der Waals surface area contributed by atoms with E-state index in [9.17, 15) is 32.3 Å². The standard InChI is InChI=1S/C30H32F4N2O6/c1-2-41-27(28(37)38)19-21-9-13-24(14-10-21)42-18-16-36(15-17-40-20-22-7-11-23(31)12-8-22)29(39)35-26-6-4-3-5-25(26)30(32,33)34/h3-14,27H,2,15-20H2,1H3,(H,35,39)(H,37,38). The second kappa shape index (κ2) is 15.7. The Morgan fingerprint density at radius 2 is 1.57 bits per heavy atom. The van der Waals surface area contributed by atoms with Crippen LogP contribution in [0.4, 0.5) is 28.0 Å². The number of urea groups is 1. The number of carboxylic acids is 1. The first kappa shape index (κ1) is 32.4. The maximum absolute atomic E-state index is 13.4. The van der Waals surface area contributed by atoms with E-state index in [-0.39, 0.29) is 57.4 Å². The van der Waals surface area contributed by atoms with Crippen LogP contribution in [0.3, 0.4) is 0 Å². The first-order valence-electron chi connectivity index (χ1n) is 13.2. The summed E-state index contributed by atoms with van der Waals surface area (Å²) in [5.74, 6) is -0.988. The molecule has 3 aromatic rings. The number of halogens is 4. The van der Waals surface area contributed by atoms with E-state index in [0.717, 1.165) is 11.6 Å². The number of hydrogen-bond donors (Lipinski definition) is 2. The number of hydrogen-bond acceptors (Lipinski definition) is 5. The summed E-state index contributed by atoms with van der Waals surface area (Å²) in [4.78, 5) is 25.6. The molecule has 0 radical (unpaired) electrons. The number of carbonyl (C=O) groups is 2. The first-order chi connectivity index (χ1) is 20.1. The van der Waals surface area contributed by atoms with Gasteiger partial charge < -0.3 is 29.5 Å². The van der Waals surface area contributed by atoms with E-state index in [1.807, 2.05) is 0 Å². The Bertz CT molecular complexity index is 1290. The van der Waals surface area contributed by atoms with E-state index in [1.165, 1.54) is 35.2 Å². The number of para-hydroxylation sites is 1. The number of alkyl halides is 3. The average Bonchev–Trinajstić information content (AvgIpc) is 2.95. The molecule has 0 bridgehead atoms. The molecule has 0 aromatic heterocycles. The first-order valence-corrected chi connectivity index (χ1v) is 13.2. The van der Waals surface area contributed by atoms with E-state index < -0.39 is 29.8 Å². The van der Waals surface area contributed by atoms with Crippen LogP contribution in [0.15, 0.2) is 72.8 Å². The van der Waals surface area contributed by atoms with Crippen molar-refractivity contribution in [3.8, 4) is 5.75 Å². The number of nitrogens with zero attached hydrogens (tertiary/aromatic N) is 1. The van der Waals surface area contributed by atoms with Crippen molar-refractivity contribution in [2.45, 2.75) is 32.2 Å². The topological polar surface area (TPSA) is 97.3 Å². The Morgan fingerprint density at radius 3 is 2.21 bits per heavy atom. The minimum atomic E-state index is -4.66. The summed E-state index contributed by atoms with van der Waals surface area (Å²) >= 11 is 0. The van der Waals surface area contributed by atoms with Gasteiger partial charge >= 0.3 is 18.2 Å². The molecule has 1 atom stereocenters. The lowest BCUT2D eigenvalue weighted by molar-refractivity contribution is -0.150. The van der Waals surface area contributed by atoms with Crippen LogP contribution in [0, 0.1) is 5.82 Å². The van der Waals surface area contributed by atoms with Crippen molar-refractivity contribution in [1.82, 2.24) is 4.90 Å². The SMILES string of the molecule is CCOC(Cc1ccc(OCCN(CCOCc2ccc(F)cc2)C(=O)Nc2ccccc2C(F)(F)F)cc1)C(=O)O. The Kier molecular flexibility index (Phi) is 12.1. The lowest BCUT2D eigenvalue weighted by Gasteiger charge is -2.24. The lowest BCUT2D eigenvalue weighted by atomic mass is 10.1. The van der Waals surface area contributed by atoms with Gasteiger partial charge in [-0.3, -0.25) is 0 Å². The van der Waals surface area contributed by atoms with Gasteiger partial charge in [-0.1, -0.05) is 36.4 Å². The molecule has 3 aromatic carbocycles. The van der Waals surface area contributed by atoms with Gasteiger partial charge in [0.1, 0.15) is 18.2 Å². The number of carbonyl (C=O) groups excluding carboxylic acids is 1. The van der Waals surface area contributed by atoms with Gasteiger partial charge in [-0.05, 0) is 54.4 Å². The molecule has 0 heterocycles. The van der Waals surface area contributed by atoms with Crippen LogP contribution in [0.1, 0.15) is 23.6 Å². The Balaban J connectivity index is 1.61. The van der Waals surface area contributed by atoms with E-state index in [4.69, 9.17) is 14.2 Å². The number of aliphatic carboxylic acids is 1. The molecule has 2 amide bonds. The van der Waals surface area contributed by atoms with E-state index in [0.29, 0.717) is 11.3 Å². The third kappa shape index (κ3) is 10.3. The van der Waals surface area contributed by atoms with Crippen LogP contribution < -0.4 is 10.1 Å². The normalized spacial score (nSPS) is 12.0. The van der Waals surface area contributed by atoms with Gasteiger partial charge in [0.05, 0.1) is 31.0 Å². The smallest absolute Gasteiger partial charge is 0.418 e. The summed E-state index contributed by atoms with van der Waals surface area (Å²) in [6, 6.07) is 16.3. The fraction of sp³-hybridized carbons (Fsp3) is 0.333. The highest BCUT2D eigenvalue weighted by Gasteiger charge is 2.34. The van der Waals surface area contributed by atoms with E-state index >= 15 is 0 Å². The number of carboxylic acid groups (broad SMARTS) is 1. The molecule has 0 aliphatic heterocycles. The molecule has 2 N–H and O–H groups in total. The van der Waals surface area contributed by atoms with Gasteiger partial charge in [-0.2, -0.15) is 13.2 Å². The van der Waals surface area contributed by atoms with Crippen LogP contribution in [-0.2, 0) is 33.5 Å². The molecular formula is C30H32F4N2O6. The zero-order valence-corrected chi connectivity index (χ0v) is 22.9. The number of anilines is 1. The zero-order chi connectivity index (χ0) is 30.5. The van der Waals surface area contributed by atoms with Crippen molar-refractivity contribution < 1.29 is 46.5 Å². The maximum Gasteiger partial charge on any atom is 0.418 e. The summed E-state index contributed by atoms with van der Waals surface area (Å²) in [7, 11) is 0. The molecule has 226 valence electrons. The van der Waals surface area contributed by atoms with Gasteiger partial charge in [0, 0.05) is 19.6 Å². The van der Waals surface area contributed by atoms with Crippen molar-refractivity contribution >= 4 is 17.7 Å². The maximum atomic E-state index is 13.4. The van der Waals surface area contributed by atoms with Crippen LogP contribution in [0.25, 0.3) is 0 Å². The van der Waals surface area contributed by atoms with Crippen molar-refractivity contribution in [2.75, 3.05) is 38.2 Å². The molecule has 0 aliphatic carbocycles. The van der Waals surface area contributed by atoms with Crippen molar-refractivity contribution in [2.24, 2.45) is 0 Å². The molecule has 0 fully saturated rings. The molecule has 8 nitrogen and oxygen atoms in total. The van der Waals surface area contributed by atoms with E-state index in [1.54, 1.807) is 43.3 Å². The minimum absolute atomic E-state index is 0.0162. The van der Waals surface area contributed by atoms with Gasteiger partial charge in [0.2, 0.25) is 0 Å². The van der Waals surface area contributed by atoms with Crippen LogP contribution in [0.2, 0.25) is 0 Å². The number of amides is 2. The van der Waals surface area contributed by atoms with Gasteiger partial charge in [0.25, 0.3) is 0 Å². The summed E-state index contributed by atoms with van der Waals surface area (Å²) in [5.41, 5.74) is 0.0900.